The molecular formula is C20H20F4N2O2S. The van der Waals surface area contributed by atoms with Gasteiger partial charge in [-0.2, -0.15) is 0 Å². The molecule has 0 saturated carbocycles. The van der Waals surface area contributed by atoms with E-state index in [0.717, 1.165) is 11.8 Å². The standard InChI is InChI=1S/C20H20F4N2O2S/c1-20(2,3)9-15(27)25-11-5-4-6-12(7-11)29-10-16(28)26-19-17(23)13(21)8-14(22)18(19)24/h4-8H,9-10H2,1-3H3,(H,25,27)(H,26,28). The van der Waals surface area contributed by atoms with Crippen LogP contribution in [0, 0.1) is 28.7 Å². The summed E-state index contributed by atoms with van der Waals surface area (Å²) in [5, 5.41) is 4.60. The quantitative estimate of drug-likeness (QED) is 0.371. The number of benzene rings is 2. The Kier molecular flexibility index (Phi) is 7.29. The van der Waals surface area contributed by atoms with E-state index < -0.39 is 34.9 Å². The third kappa shape index (κ3) is 6.77. The lowest BCUT2D eigenvalue weighted by atomic mass is 9.92. The number of rotatable bonds is 6. The molecule has 4 nitrogen and oxygen atoms in total. The Labute approximate surface area is 170 Å². The summed E-state index contributed by atoms with van der Waals surface area (Å²) in [6.45, 7) is 5.81. The maximum absolute atomic E-state index is 13.6. The van der Waals surface area contributed by atoms with Gasteiger partial charge in [-0.05, 0) is 23.6 Å². The molecule has 0 aliphatic carbocycles. The zero-order chi connectivity index (χ0) is 21.8. The predicted molar refractivity (Wildman–Crippen MR) is 105 cm³/mol. The molecule has 9 heteroatoms. The van der Waals surface area contributed by atoms with Crippen LogP contribution in [-0.2, 0) is 9.59 Å². The number of anilines is 2. The summed E-state index contributed by atoms with van der Waals surface area (Å²) < 4.78 is 53.6. The number of hydrogen-bond donors (Lipinski definition) is 2. The number of amides is 2. The van der Waals surface area contributed by atoms with Crippen LogP contribution in [0.15, 0.2) is 35.2 Å². The monoisotopic (exact) mass is 428 g/mol. The SMILES string of the molecule is CC(C)(C)CC(=O)Nc1cccc(SCC(=O)Nc2c(F)c(F)cc(F)c2F)c1. The number of hydrogen-bond acceptors (Lipinski definition) is 3. The molecule has 2 amide bonds. The highest BCUT2D eigenvalue weighted by molar-refractivity contribution is 8.00. The second kappa shape index (κ2) is 9.30. The van der Waals surface area contributed by atoms with Crippen LogP contribution in [0.5, 0.6) is 0 Å². The molecule has 0 heterocycles. The Balaban J connectivity index is 1.99. The van der Waals surface area contributed by atoms with E-state index in [9.17, 15) is 27.2 Å². The predicted octanol–water partition coefficient (Wildman–Crippen LogP) is 5.35. The van der Waals surface area contributed by atoms with E-state index in [-0.39, 0.29) is 23.1 Å². The Bertz CT molecular complexity index is 903. The van der Waals surface area contributed by atoms with Gasteiger partial charge in [-0.25, -0.2) is 17.6 Å². The van der Waals surface area contributed by atoms with Crippen molar-refractivity contribution in [2.24, 2.45) is 5.41 Å². The minimum Gasteiger partial charge on any atom is -0.326 e. The summed E-state index contributed by atoms with van der Waals surface area (Å²) in [5.74, 6) is -7.83. The molecular weight excluding hydrogens is 408 g/mol. The Morgan fingerprint density at radius 3 is 2.14 bits per heavy atom. The molecule has 0 unspecified atom stereocenters. The van der Waals surface area contributed by atoms with Crippen LogP contribution in [0.3, 0.4) is 0 Å². The highest BCUT2D eigenvalue weighted by atomic mass is 32.2. The number of nitrogens with one attached hydrogen (secondary N) is 2. The molecule has 2 N–H and O–H groups in total. The van der Waals surface area contributed by atoms with Crippen molar-refractivity contribution >= 4 is 35.0 Å². The van der Waals surface area contributed by atoms with Gasteiger partial charge in [0.1, 0.15) is 5.69 Å². The molecule has 0 bridgehead atoms. The van der Waals surface area contributed by atoms with E-state index in [2.05, 4.69) is 5.32 Å². The van der Waals surface area contributed by atoms with Gasteiger partial charge in [0.15, 0.2) is 23.3 Å². The Morgan fingerprint density at radius 1 is 0.931 bits per heavy atom. The molecule has 0 aromatic heterocycles. The first kappa shape index (κ1) is 22.7. The summed E-state index contributed by atoms with van der Waals surface area (Å²) in [6.07, 6.45) is 0.327. The van der Waals surface area contributed by atoms with E-state index in [1.54, 1.807) is 24.3 Å². The summed E-state index contributed by atoms with van der Waals surface area (Å²) >= 11 is 1.03. The van der Waals surface area contributed by atoms with Crippen LogP contribution in [0.2, 0.25) is 0 Å². The van der Waals surface area contributed by atoms with Gasteiger partial charge in [-0.3, -0.25) is 9.59 Å². The molecule has 2 rings (SSSR count). The van der Waals surface area contributed by atoms with Crippen molar-refractivity contribution in [3.8, 4) is 0 Å². The van der Waals surface area contributed by atoms with Gasteiger partial charge in [0, 0.05) is 23.1 Å². The van der Waals surface area contributed by atoms with Gasteiger partial charge in [0.05, 0.1) is 5.75 Å². The lowest BCUT2D eigenvalue weighted by Gasteiger charge is -2.17. The lowest BCUT2D eigenvalue weighted by Crippen LogP contribution is -2.19. The fourth-order valence-electron chi connectivity index (χ4n) is 2.36. The smallest absolute Gasteiger partial charge is 0.234 e. The van der Waals surface area contributed by atoms with Crippen LogP contribution in [-0.4, -0.2) is 17.6 Å². The molecule has 0 saturated heterocycles. The van der Waals surface area contributed by atoms with E-state index in [0.29, 0.717) is 17.0 Å². The van der Waals surface area contributed by atoms with Gasteiger partial charge in [0.2, 0.25) is 11.8 Å². The van der Waals surface area contributed by atoms with Crippen LogP contribution < -0.4 is 10.6 Å². The molecule has 29 heavy (non-hydrogen) atoms. The first-order valence-electron chi connectivity index (χ1n) is 8.62. The summed E-state index contributed by atoms with van der Waals surface area (Å²) in [7, 11) is 0. The molecule has 156 valence electrons. The van der Waals surface area contributed by atoms with Crippen molar-refractivity contribution in [3.63, 3.8) is 0 Å². The van der Waals surface area contributed by atoms with Crippen LogP contribution in [0.25, 0.3) is 0 Å². The van der Waals surface area contributed by atoms with Crippen molar-refractivity contribution < 1.29 is 27.2 Å². The van der Waals surface area contributed by atoms with Crippen LogP contribution >= 0.6 is 11.8 Å². The highest BCUT2D eigenvalue weighted by Gasteiger charge is 2.21. The van der Waals surface area contributed by atoms with Gasteiger partial charge in [-0.15, -0.1) is 11.8 Å². The molecule has 0 radical (unpaired) electrons. The second-order valence-electron chi connectivity index (χ2n) is 7.49. The summed E-state index contributed by atoms with van der Waals surface area (Å²) in [5.41, 5.74) is -0.805. The number of carbonyl (C=O) groups is 2. The fourth-order valence-corrected chi connectivity index (χ4v) is 3.11. The van der Waals surface area contributed by atoms with Crippen LogP contribution in [0.4, 0.5) is 28.9 Å². The zero-order valence-electron chi connectivity index (χ0n) is 16.0. The number of thioether (sulfide) groups is 1. The average Bonchev–Trinajstić information content (AvgIpc) is 2.60. The third-order valence-corrected chi connectivity index (χ3v) is 4.55. The lowest BCUT2D eigenvalue weighted by molar-refractivity contribution is -0.118. The fraction of sp³-hybridized carbons (Fsp3) is 0.300. The van der Waals surface area contributed by atoms with Crippen molar-refractivity contribution in [1.82, 2.24) is 0 Å². The van der Waals surface area contributed by atoms with Crippen molar-refractivity contribution in [2.75, 3.05) is 16.4 Å². The summed E-state index contributed by atoms with van der Waals surface area (Å²) in [6, 6.07) is 6.75. The molecule has 2 aromatic carbocycles. The molecule has 2 aromatic rings. The topological polar surface area (TPSA) is 58.2 Å². The van der Waals surface area contributed by atoms with Crippen LogP contribution in [0.1, 0.15) is 27.2 Å². The zero-order valence-corrected chi connectivity index (χ0v) is 16.9. The van der Waals surface area contributed by atoms with Gasteiger partial charge >= 0.3 is 0 Å². The average molecular weight is 428 g/mol. The molecule has 0 aliphatic rings. The van der Waals surface area contributed by atoms with Crippen molar-refractivity contribution in [2.45, 2.75) is 32.1 Å². The minimum absolute atomic E-state index is 0.0640. The third-order valence-electron chi connectivity index (χ3n) is 3.55. The molecule has 0 aliphatic heterocycles. The van der Waals surface area contributed by atoms with Crippen molar-refractivity contribution in [1.29, 1.82) is 0 Å². The first-order chi connectivity index (χ1) is 13.5. The first-order valence-corrected chi connectivity index (χ1v) is 9.60. The minimum atomic E-state index is -1.68. The van der Waals surface area contributed by atoms with Gasteiger partial charge < -0.3 is 10.6 Å². The molecule has 0 atom stereocenters. The van der Waals surface area contributed by atoms with E-state index in [1.807, 2.05) is 26.1 Å². The van der Waals surface area contributed by atoms with E-state index in [4.69, 9.17) is 0 Å². The van der Waals surface area contributed by atoms with Gasteiger partial charge in [-0.1, -0.05) is 26.8 Å². The number of carbonyl (C=O) groups excluding carboxylic acids is 2. The normalized spacial score (nSPS) is 11.3. The van der Waals surface area contributed by atoms with E-state index in [1.165, 1.54) is 0 Å². The summed E-state index contributed by atoms with van der Waals surface area (Å²) in [4.78, 5) is 24.6. The molecule has 0 spiro atoms. The van der Waals surface area contributed by atoms with Gasteiger partial charge in [0.25, 0.3) is 0 Å². The maximum Gasteiger partial charge on any atom is 0.234 e. The number of halogens is 4. The van der Waals surface area contributed by atoms with E-state index >= 15 is 0 Å². The highest BCUT2D eigenvalue weighted by Crippen LogP contribution is 2.26. The Morgan fingerprint density at radius 2 is 1.55 bits per heavy atom. The second-order valence-corrected chi connectivity index (χ2v) is 8.54. The van der Waals surface area contributed by atoms with Crippen molar-refractivity contribution in [3.05, 3.63) is 53.6 Å². The Hall–Kier alpha value is -2.55. The molecule has 0 fully saturated rings. The maximum atomic E-state index is 13.6. The largest absolute Gasteiger partial charge is 0.326 e.